The van der Waals surface area contributed by atoms with Gasteiger partial charge in [0.2, 0.25) is 5.91 Å². The molecule has 1 saturated carbocycles. The standard InChI is InChI=1S/C13H23N3OS.2ClH/c17-13(7-11-9-18-6-4-14-11)15-10-3-5-16(8-10)12-1-2-12;;/h10-12,14H,1-9H2,(H,15,17);2*1H. The highest BCUT2D eigenvalue weighted by Gasteiger charge is 2.34. The van der Waals surface area contributed by atoms with Crippen molar-refractivity contribution < 1.29 is 4.79 Å². The van der Waals surface area contributed by atoms with Gasteiger partial charge >= 0.3 is 0 Å². The van der Waals surface area contributed by atoms with Gasteiger partial charge in [-0.25, -0.2) is 0 Å². The van der Waals surface area contributed by atoms with Crippen LogP contribution in [-0.4, -0.2) is 60.1 Å². The summed E-state index contributed by atoms with van der Waals surface area (Å²) in [6, 6.07) is 1.61. The van der Waals surface area contributed by atoms with Crippen LogP contribution in [0, 0.1) is 0 Å². The molecule has 0 spiro atoms. The summed E-state index contributed by atoms with van der Waals surface area (Å²) in [6.45, 7) is 3.29. The molecule has 2 heterocycles. The molecule has 0 aromatic heterocycles. The zero-order valence-electron chi connectivity index (χ0n) is 11.7. The smallest absolute Gasteiger partial charge is 0.221 e. The minimum absolute atomic E-state index is 0. The molecule has 3 rings (SSSR count). The molecule has 0 aromatic rings. The van der Waals surface area contributed by atoms with E-state index in [4.69, 9.17) is 0 Å². The van der Waals surface area contributed by atoms with Gasteiger partial charge in [0, 0.05) is 55.7 Å². The third kappa shape index (κ3) is 5.26. The van der Waals surface area contributed by atoms with E-state index in [1.54, 1.807) is 0 Å². The molecular formula is C13H25Cl2N3OS. The average Bonchev–Trinajstić information content (AvgIpc) is 3.12. The molecule has 1 aliphatic carbocycles. The van der Waals surface area contributed by atoms with Crippen molar-refractivity contribution in [3.63, 3.8) is 0 Å². The second-order valence-electron chi connectivity index (χ2n) is 5.71. The lowest BCUT2D eigenvalue weighted by molar-refractivity contribution is -0.122. The van der Waals surface area contributed by atoms with Gasteiger partial charge in [-0.2, -0.15) is 11.8 Å². The van der Waals surface area contributed by atoms with Crippen LogP contribution < -0.4 is 10.6 Å². The first-order valence-corrected chi connectivity index (χ1v) is 8.31. The Morgan fingerprint density at radius 2 is 2.10 bits per heavy atom. The van der Waals surface area contributed by atoms with Crippen molar-refractivity contribution in [1.82, 2.24) is 15.5 Å². The van der Waals surface area contributed by atoms with Crippen LogP contribution in [0.5, 0.6) is 0 Å². The topological polar surface area (TPSA) is 44.4 Å². The highest BCUT2D eigenvalue weighted by atomic mass is 35.5. The summed E-state index contributed by atoms with van der Waals surface area (Å²) < 4.78 is 0. The maximum atomic E-state index is 12.0. The van der Waals surface area contributed by atoms with E-state index in [1.807, 2.05) is 11.8 Å². The Morgan fingerprint density at radius 1 is 1.30 bits per heavy atom. The van der Waals surface area contributed by atoms with Gasteiger partial charge in [0.05, 0.1) is 0 Å². The predicted octanol–water partition coefficient (Wildman–Crippen LogP) is 1.28. The van der Waals surface area contributed by atoms with E-state index in [-0.39, 0.29) is 30.7 Å². The molecule has 4 nitrogen and oxygen atoms in total. The number of amides is 1. The number of halogens is 2. The van der Waals surface area contributed by atoms with E-state index in [9.17, 15) is 4.79 Å². The number of nitrogens with zero attached hydrogens (tertiary/aromatic N) is 1. The van der Waals surface area contributed by atoms with E-state index in [2.05, 4.69) is 15.5 Å². The number of carbonyl (C=O) groups is 1. The number of hydrogen-bond acceptors (Lipinski definition) is 4. The van der Waals surface area contributed by atoms with Gasteiger partial charge in [0.1, 0.15) is 0 Å². The minimum atomic E-state index is 0. The summed E-state index contributed by atoms with van der Waals surface area (Å²) in [5.41, 5.74) is 0. The third-order valence-electron chi connectivity index (χ3n) is 4.08. The molecule has 20 heavy (non-hydrogen) atoms. The highest BCUT2D eigenvalue weighted by Crippen LogP contribution is 2.29. The van der Waals surface area contributed by atoms with Crippen LogP contribution in [-0.2, 0) is 4.79 Å². The van der Waals surface area contributed by atoms with Crippen LogP contribution in [0.2, 0.25) is 0 Å². The molecular weight excluding hydrogens is 317 g/mol. The zero-order chi connectivity index (χ0) is 12.4. The van der Waals surface area contributed by atoms with Crippen molar-refractivity contribution in [1.29, 1.82) is 0 Å². The summed E-state index contributed by atoms with van der Waals surface area (Å²) in [4.78, 5) is 14.5. The van der Waals surface area contributed by atoms with Crippen LogP contribution in [0.3, 0.4) is 0 Å². The summed E-state index contributed by atoms with van der Waals surface area (Å²) in [5.74, 6) is 2.49. The molecule has 118 valence electrons. The molecule has 2 aliphatic heterocycles. The molecule has 0 radical (unpaired) electrons. The highest BCUT2D eigenvalue weighted by molar-refractivity contribution is 7.99. The summed E-state index contributed by atoms with van der Waals surface area (Å²) in [7, 11) is 0. The number of rotatable bonds is 4. The Labute approximate surface area is 138 Å². The molecule has 1 amide bonds. The first-order chi connectivity index (χ1) is 8.81. The minimum Gasteiger partial charge on any atom is -0.352 e. The normalized spacial score (nSPS) is 30.2. The van der Waals surface area contributed by atoms with Crippen molar-refractivity contribution in [3.05, 3.63) is 0 Å². The van der Waals surface area contributed by atoms with Gasteiger partial charge < -0.3 is 10.6 Å². The molecule has 0 aromatic carbocycles. The molecule has 2 unspecified atom stereocenters. The lowest BCUT2D eigenvalue weighted by atomic mass is 10.2. The van der Waals surface area contributed by atoms with Gasteiger partial charge in [-0.05, 0) is 19.3 Å². The Balaban J connectivity index is 0.000001000. The molecule has 7 heteroatoms. The third-order valence-corrected chi connectivity index (χ3v) is 5.21. The van der Waals surface area contributed by atoms with Crippen molar-refractivity contribution >= 4 is 42.5 Å². The van der Waals surface area contributed by atoms with E-state index in [0.717, 1.165) is 31.3 Å². The van der Waals surface area contributed by atoms with Crippen LogP contribution in [0.15, 0.2) is 0 Å². The quantitative estimate of drug-likeness (QED) is 0.808. The average molecular weight is 342 g/mol. The number of hydrogen-bond donors (Lipinski definition) is 2. The molecule has 3 aliphatic rings. The summed E-state index contributed by atoms with van der Waals surface area (Å²) in [6.07, 6.45) is 4.51. The van der Waals surface area contributed by atoms with Gasteiger partial charge in [0.25, 0.3) is 0 Å². The van der Waals surface area contributed by atoms with E-state index < -0.39 is 0 Å². The molecule has 2 saturated heterocycles. The van der Waals surface area contributed by atoms with Crippen LogP contribution in [0.1, 0.15) is 25.7 Å². The monoisotopic (exact) mass is 341 g/mol. The van der Waals surface area contributed by atoms with Crippen molar-refractivity contribution in [2.24, 2.45) is 0 Å². The number of likely N-dealkylation sites (tertiary alicyclic amines) is 1. The zero-order valence-corrected chi connectivity index (χ0v) is 14.1. The molecule has 0 bridgehead atoms. The number of nitrogens with one attached hydrogen (secondary N) is 2. The molecule has 2 N–H and O–H groups in total. The Bertz CT molecular complexity index is 312. The molecule has 2 atom stereocenters. The fourth-order valence-corrected chi connectivity index (χ4v) is 3.89. The molecule has 3 fully saturated rings. The first kappa shape index (κ1) is 18.4. The van der Waals surface area contributed by atoms with Gasteiger partial charge in [-0.15, -0.1) is 24.8 Å². The van der Waals surface area contributed by atoms with Gasteiger partial charge in [0.15, 0.2) is 0 Å². The Kier molecular flexibility index (Phi) is 7.98. The van der Waals surface area contributed by atoms with E-state index >= 15 is 0 Å². The van der Waals surface area contributed by atoms with Crippen molar-refractivity contribution in [2.75, 3.05) is 31.1 Å². The van der Waals surface area contributed by atoms with Gasteiger partial charge in [-0.1, -0.05) is 0 Å². The maximum absolute atomic E-state index is 12.0. The van der Waals surface area contributed by atoms with Crippen LogP contribution in [0.25, 0.3) is 0 Å². The number of thioether (sulfide) groups is 1. The predicted molar refractivity (Wildman–Crippen MR) is 89.4 cm³/mol. The Morgan fingerprint density at radius 3 is 2.75 bits per heavy atom. The van der Waals surface area contributed by atoms with Gasteiger partial charge in [-0.3, -0.25) is 9.69 Å². The SMILES string of the molecule is Cl.Cl.O=C(CC1CSCCN1)NC1CCN(C2CC2)C1. The fraction of sp³-hybridized carbons (Fsp3) is 0.923. The summed E-state index contributed by atoms with van der Waals surface area (Å²) in [5, 5.41) is 6.63. The summed E-state index contributed by atoms with van der Waals surface area (Å²) >= 11 is 1.95. The maximum Gasteiger partial charge on any atom is 0.221 e. The lowest BCUT2D eigenvalue weighted by Crippen LogP contribution is -2.44. The van der Waals surface area contributed by atoms with E-state index in [0.29, 0.717) is 18.5 Å². The van der Waals surface area contributed by atoms with Crippen molar-refractivity contribution in [2.45, 2.75) is 43.8 Å². The second kappa shape index (κ2) is 8.69. The largest absolute Gasteiger partial charge is 0.352 e. The second-order valence-corrected chi connectivity index (χ2v) is 6.86. The van der Waals surface area contributed by atoms with E-state index in [1.165, 1.54) is 25.1 Å². The van der Waals surface area contributed by atoms with Crippen LogP contribution >= 0.6 is 36.6 Å². The Hall–Kier alpha value is 0.320. The lowest BCUT2D eigenvalue weighted by Gasteiger charge is -2.23. The fourth-order valence-electron chi connectivity index (χ4n) is 2.94. The van der Waals surface area contributed by atoms with Crippen LogP contribution in [0.4, 0.5) is 0 Å². The first-order valence-electron chi connectivity index (χ1n) is 7.16. The number of carbonyl (C=O) groups excluding carboxylic acids is 1. The van der Waals surface area contributed by atoms with Crippen molar-refractivity contribution in [3.8, 4) is 0 Å².